The van der Waals surface area contributed by atoms with Crippen LogP contribution < -0.4 is 4.74 Å². The van der Waals surface area contributed by atoms with Crippen molar-refractivity contribution in [1.29, 1.82) is 0 Å². The van der Waals surface area contributed by atoms with Crippen LogP contribution in [-0.2, 0) is 11.2 Å². The van der Waals surface area contributed by atoms with Crippen LogP contribution in [0, 0.1) is 5.92 Å². The molecule has 1 N–H and O–H groups in total. The molecule has 0 aromatic heterocycles. The summed E-state index contributed by atoms with van der Waals surface area (Å²) in [5.74, 6) is 1.78. The van der Waals surface area contributed by atoms with E-state index in [4.69, 9.17) is 4.74 Å². The molecular weight excluding hydrogens is 352 g/mol. The van der Waals surface area contributed by atoms with Crippen LogP contribution in [0.3, 0.4) is 0 Å². The number of ether oxygens (including phenoxy) is 1. The molecule has 0 spiro atoms. The third-order valence-electron chi connectivity index (χ3n) is 5.88. The molecule has 28 heavy (non-hydrogen) atoms. The van der Waals surface area contributed by atoms with Gasteiger partial charge in [-0.2, -0.15) is 0 Å². The summed E-state index contributed by atoms with van der Waals surface area (Å²) < 4.78 is 5.17. The summed E-state index contributed by atoms with van der Waals surface area (Å²) >= 11 is 0. The van der Waals surface area contributed by atoms with Gasteiger partial charge >= 0.3 is 0 Å². The van der Waals surface area contributed by atoms with Crippen molar-refractivity contribution in [2.24, 2.45) is 5.92 Å². The van der Waals surface area contributed by atoms with Gasteiger partial charge in [-0.3, -0.25) is 4.79 Å². The molecule has 1 fully saturated rings. The molecule has 158 valence electrons. The van der Waals surface area contributed by atoms with E-state index >= 15 is 0 Å². The minimum atomic E-state index is 0.166. The van der Waals surface area contributed by atoms with E-state index in [9.17, 15) is 9.90 Å². The molecule has 1 aromatic rings. The lowest BCUT2D eigenvalue weighted by Crippen LogP contribution is -2.45. The van der Waals surface area contributed by atoms with E-state index in [2.05, 4.69) is 30.8 Å². The SMILES string of the molecule is COc1cc(CCCCC(=O)N(CCN(C)C)C2CCC(C)CC2)ccc1O. The number of likely N-dealkylation sites (N-methyl/N-ethyl adjacent to an activating group) is 1. The quantitative estimate of drug-likeness (QED) is 0.612. The third kappa shape index (κ3) is 7.01. The smallest absolute Gasteiger partial charge is 0.222 e. The van der Waals surface area contributed by atoms with Crippen LogP contribution in [0.15, 0.2) is 18.2 Å². The molecule has 0 unspecified atom stereocenters. The molecule has 5 nitrogen and oxygen atoms in total. The zero-order valence-corrected chi connectivity index (χ0v) is 18.1. The van der Waals surface area contributed by atoms with Crippen molar-refractivity contribution in [1.82, 2.24) is 9.80 Å². The minimum absolute atomic E-state index is 0.166. The van der Waals surface area contributed by atoms with Crippen molar-refractivity contribution in [3.05, 3.63) is 23.8 Å². The Morgan fingerprint density at radius 1 is 1.14 bits per heavy atom. The zero-order valence-electron chi connectivity index (χ0n) is 18.1. The molecule has 0 aliphatic heterocycles. The fourth-order valence-corrected chi connectivity index (χ4v) is 4.00. The molecular formula is C23H38N2O3. The van der Waals surface area contributed by atoms with Crippen molar-refractivity contribution in [2.45, 2.75) is 64.3 Å². The van der Waals surface area contributed by atoms with Gasteiger partial charge in [0.05, 0.1) is 7.11 Å². The number of unbranched alkanes of at least 4 members (excludes halogenated alkanes) is 1. The second kappa shape index (κ2) is 11.3. The maximum atomic E-state index is 12.9. The molecule has 0 heterocycles. The van der Waals surface area contributed by atoms with Gasteiger partial charge < -0.3 is 19.6 Å². The van der Waals surface area contributed by atoms with Gasteiger partial charge in [-0.25, -0.2) is 0 Å². The second-order valence-corrected chi connectivity index (χ2v) is 8.52. The average Bonchev–Trinajstić information content (AvgIpc) is 2.67. The van der Waals surface area contributed by atoms with Crippen LogP contribution in [0.2, 0.25) is 0 Å². The first-order chi connectivity index (χ1) is 13.4. The number of aromatic hydroxyl groups is 1. The van der Waals surface area contributed by atoms with Crippen molar-refractivity contribution in [2.75, 3.05) is 34.3 Å². The molecule has 5 heteroatoms. The van der Waals surface area contributed by atoms with Gasteiger partial charge in [-0.1, -0.05) is 13.0 Å². The summed E-state index contributed by atoms with van der Waals surface area (Å²) in [5.41, 5.74) is 1.13. The van der Waals surface area contributed by atoms with Crippen molar-refractivity contribution in [3.63, 3.8) is 0 Å². The lowest BCUT2D eigenvalue weighted by molar-refractivity contribution is -0.134. The zero-order chi connectivity index (χ0) is 20.5. The van der Waals surface area contributed by atoms with E-state index in [0.717, 1.165) is 56.7 Å². The Balaban J connectivity index is 1.83. The monoisotopic (exact) mass is 390 g/mol. The largest absolute Gasteiger partial charge is 0.504 e. The molecule has 0 radical (unpaired) electrons. The number of carbonyl (C=O) groups excluding carboxylic acids is 1. The highest BCUT2D eigenvalue weighted by Gasteiger charge is 2.27. The van der Waals surface area contributed by atoms with Crippen LogP contribution in [0.1, 0.15) is 57.4 Å². The van der Waals surface area contributed by atoms with Gasteiger partial charge in [0.2, 0.25) is 5.91 Å². The Morgan fingerprint density at radius 3 is 2.50 bits per heavy atom. The third-order valence-corrected chi connectivity index (χ3v) is 5.88. The first-order valence-corrected chi connectivity index (χ1v) is 10.7. The maximum Gasteiger partial charge on any atom is 0.222 e. The molecule has 2 rings (SSSR count). The van der Waals surface area contributed by atoms with Crippen molar-refractivity contribution in [3.8, 4) is 11.5 Å². The Hall–Kier alpha value is -1.75. The summed E-state index contributed by atoms with van der Waals surface area (Å²) in [7, 11) is 5.70. The van der Waals surface area contributed by atoms with Gasteiger partial charge in [0.1, 0.15) is 0 Å². The minimum Gasteiger partial charge on any atom is -0.504 e. The number of nitrogens with zero attached hydrogens (tertiary/aromatic N) is 2. The summed E-state index contributed by atoms with van der Waals surface area (Å²) in [5, 5.41) is 9.69. The lowest BCUT2D eigenvalue weighted by atomic mass is 9.86. The van der Waals surface area contributed by atoms with E-state index in [0.29, 0.717) is 24.1 Å². The summed E-state index contributed by atoms with van der Waals surface area (Å²) in [6.45, 7) is 4.08. The summed E-state index contributed by atoms with van der Waals surface area (Å²) in [4.78, 5) is 17.3. The van der Waals surface area contributed by atoms with Gasteiger partial charge in [-0.15, -0.1) is 0 Å². The van der Waals surface area contributed by atoms with Gasteiger partial charge in [0.15, 0.2) is 11.5 Å². The Labute approximate surface area is 170 Å². The van der Waals surface area contributed by atoms with Gasteiger partial charge in [-0.05, 0) is 82.7 Å². The number of rotatable bonds is 10. The standard InChI is InChI=1S/C23H38N2O3/c1-18-9-12-20(13-10-18)25(16-15-24(2)3)23(27)8-6-5-7-19-11-14-21(26)22(17-19)28-4/h11,14,17-18,20,26H,5-10,12-13,15-16H2,1-4H3. The number of aryl methyl sites for hydroxylation is 1. The second-order valence-electron chi connectivity index (χ2n) is 8.52. The van der Waals surface area contributed by atoms with Gasteiger partial charge in [0.25, 0.3) is 0 Å². The number of hydrogen-bond acceptors (Lipinski definition) is 4. The molecule has 0 atom stereocenters. The topological polar surface area (TPSA) is 53.0 Å². The Kier molecular flexibility index (Phi) is 9.10. The highest BCUT2D eigenvalue weighted by molar-refractivity contribution is 5.76. The first kappa shape index (κ1) is 22.5. The summed E-state index contributed by atoms with van der Waals surface area (Å²) in [6.07, 6.45) is 8.13. The van der Waals surface area contributed by atoms with E-state index in [1.807, 2.05) is 12.1 Å². The van der Waals surface area contributed by atoms with E-state index in [-0.39, 0.29) is 5.75 Å². The number of benzene rings is 1. The van der Waals surface area contributed by atoms with E-state index in [1.165, 1.54) is 12.8 Å². The highest BCUT2D eigenvalue weighted by atomic mass is 16.5. The van der Waals surface area contributed by atoms with Crippen LogP contribution in [-0.4, -0.2) is 61.2 Å². The van der Waals surface area contributed by atoms with Crippen LogP contribution in [0.4, 0.5) is 0 Å². The first-order valence-electron chi connectivity index (χ1n) is 10.7. The summed E-state index contributed by atoms with van der Waals surface area (Å²) in [6, 6.07) is 5.90. The van der Waals surface area contributed by atoms with Crippen LogP contribution >= 0.6 is 0 Å². The fraction of sp³-hybridized carbons (Fsp3) is 0.696. The molecule has 0 bridgehead atoms. The van der Waals surface area contributed by atoms with E-state index in [1.54, 1.807) is 13.2 Å². The lowest BCUT2D eigenvalue weighted by Gasteiger charge is -2.37. The van der Waals surface area contributed by atoms with Crippen molar-refractivity contribution >= 4 is 5.91 Å². The predicted octanol–water partition coefficient (Wildman–Crippen LogP) is 4.08. The average molecular weight is 391 g/mol. The highest BCUT2D eigenvalue weighted by Crippen LogP contribution is 2.28. The number of methoxy groups -OCH3 is 1. The Bertz CT molecular complexity index is 610. The molecule has 0 saturated heterocycles. The normalized spacial score (nSPS) is 19.6. The maximum absolute atomic E-state index is 12.9. The van der Waals surface area contributed by atoms with Crippen molar-refractivity contribution < 1.29 is 14.6 Å². The van der Waals surface area contributed by atoms with Crippen LogP contribution in [0.25, 0.3) is 0 Å². The number of phenolic OH excluding ortho intramolecular Hbond substituents is 1. The Morgan fingerprint density at radius 2 is 1.86 bits per heavy atom. The van der Waals surface area contributed by atoms with Crippen LogP contribution in [0.5, 0.6) is 11.5 Å². The number of hydrogen-bond donors (Lipinski definition) is 1. The molecule has 1 saturated carbocycles. The number of carbonyl (C=O) groups is 1. The molecule has 1 aliphatic carbocycles. The van der Waals surface area contributed by atoms with E-state index < -0.39 is 0 Å². The predicted molar refractivity (Wildman–Crippen MR) is 114 cm³/mol. The molecule has 1 aromatic carbocycles. The van der Waals surface area contributed by atoms with Gasteiger partial charge in [0, 0.05) is 25.6 Å². The molecule has 1 aliphatic rings. The number of amides is 1. The molecule has 1 amide bonds. The fourth-order valence-electron chi connectivity index (χ4n) is 4.00. The number of phenols is 1.